The van der Waals surface area contributed by atoms with Crippen LogP contribution in [0.4, 0.5) is 0 Å². The first-order valence-corrected chi connectivity index (χ1v) is 11.1. The highest BCUT2D eigenvalue weighted by atomic mass is 32.2. The van der Waals surface area contributed by atoms with E-state index >= 15 is 0 Å². The summed E-state index contributed by atoms with van der Waals surface area (Å²) in [7, 11) is 0. The highest BCUT2D eigenvalue weighted by molar-refractivity contribution is 7.99. The number of H-pyrrole nitrogens is 1. The summed E-state index contributed by atoms with van der Waals surface area (Å²) in [6, 6.07) is 13.6. The molecule has 8 heteroatoms. The average molecular weight is 437 g/mol. The molecule has 0 bridgehead atoms. The number of benzene rings is 1. The van der Waals surface area contributed by atoms with Crippen molar-refractivity contribution in [1.29, 1.82) is 0 Å². The zero-order valence-corrected chi connectivity index (χ0v) is 18.3. The van der Waals surface area contributed by atoms with Crippen LogP contribution in [0.2, 0.25) is 0 Å². The number of rotatable bonds is 8. The third-order valence-corrected chi connectivity index (χ3v) is 5.96. The molecule has 0 atom stereocenters. The number of furan rings is 1. The van der Waals surface area contributed by atoms with Crippen LogP contribution in [-0.2, 0) is 24.3 Å². The first-order valence-electron chi connectivity index (χ1n) is 10.1. The van der Waals surface area contributed by atoms with Crippen molar-refractivity contribution in [2.24, 2.45) is 0 Å². The standard InChI is InChI=1S/C23H24N4O3S/c1-3-16-6-8-17(9-7-16)12-24-20(28)14-31-23-26-19-11-15(2)25-21(19)22(29)27(23)13-18-5-4-10-30-18/h4-11,25H,3,12-14H2,1-2H3,(H,24,28). The van der Waals surface area contributed by atoms with Gasteiger partial charge in [0.25, 0.3) is 5.56 Å². The second-order valence-electron chi connectivity index (χ2n) is 7.31. The van der Waals surface area contributed by atoms with Crippen molar-refractivity contribution in [3.63, 3.8) is 0 Å². The summed E-state index contributed by atoms with van der Waals surface area (Å²) in [5.74, 6) is 0.689. The summed E-state index contributed by atoms with van der Waals surface area (Å²) >= 11 is 1.24. The number of aryl methyl sites for hydroxylation is 2. The SMILES string of the molecule is CCc1ccc(CNC(=O)CSc2nc3cc(C)[nH]c3c(=O)n2Cc2ccco2)cc1. The van der Waals surface area contributed by atoms with Gasteiger partial charge < -0.3 is 14.7 Å². The van der Waals surface area contributed by atoms with E-state index < -0.39 is 0 Å². The number of amides is 1. The average Bonchev–Trinajstić information content (AvgIpc) is 3.42. The van der Waals surface area contributed by atoms with E-state index in [9.17, 15) is 9.59 Å². The number of carbonyl (C=O) groups is 1. The van der Waals surface area contributed by atoms with Crippen LogP contribution in [0.25, 0.3) is 11.0 Å². The van der Waals surface area contributed by atoms with Crippen LogP contribution in [0.15, 0.2) is 63.1 Å². The number of fused-ring (bicyclic) bond motifs is 1. The molecule has 4 rings (SSSR count). The fraction of sp³-hybridized carbons (Fsp3) is 0.261. The molecule has 1 aromatic carbocycles. The van der Waals surface area contributed by atoms with Gasteiger partial charge in [0.15, 0.2) is 5.16 Å². The van der Waals surface area contributed by atoms with Gasteiger partial charge >= 0.3 is 0 Å². The van der Waals surface area contributed by atoms with E-state index in [0.717, 1.165) is 17.7 Å². The lowest BCUT2D eigenvalue weighted by atomic mass is 10.1. The Kier molecular flexibility index (Phi) is 6.27. The van der Waals surface area contributed by atoms with Crippen molar-refractivity contribution in [2.45, 2.75) is 38.5 Å². The van der Waals surface area contributed by atoms with Crippen molar-refractivity contribution in [3.05, 3.63) is 81.7 Å². The van der Waals surface area contributed by atoms with E-state index in [1.165, 1.54) is 17.3 Å². The summed E-state index contributed by atoms with van der Waals surface area (Å²) in [5, 5.41) is 3.41. The van der Waals surface area contributed by atoms with Crippen molar-refractivity contribution in [3.8, 4) is 0 Å². The molecule has 0 unspecified atom stereocenters. The molecule has 3 aromatic heterocycles. The number of nitrogens with zero attached hydrogens (tertiary/aromatic N) is 2. The zero-order chi connectivity index (χ0) is 21.8. The molecule has 1 amide bonds. The second-order valence-corrected chi connectivity index (χ2v) is 8.26. The highest BCUT2D eigenvalue weighted by Gasteiger charge is 2.16. The van der Waals surface area contributed by atoms with Crippen LogP contribution < -0.4 is 10.9 Å². The van der Waals surface area contributed by atoms with Crippen molar-refractivity contribution in [2.75, 3.05) is 5.75 Å². The van der Waals surface area contributed by atoms with Gasteiger partial charge in [-0.25, -0.2) is 4.98 Å². The maximum absolute atomic E-state index is 13.0. The minimum atomic E-state index is -0.187. The van der Waals surface area contributed by atoms with Gasteiger partial charge in [-0.15, -0.1) is 0 Å². The number of hydrogen-bond acceptors (Lipinski definition) is 5. The maximum atomic E-state index is 13.0. The van der Waals surface area contributed by atoms with Gasteiger partial charge in [0.2, 0.25) is 5.91 Å². The first-order chi connectivity index (χ1) is 15.0. The molecule has 0 saturated carbocycles. The minimum absolute atomic E-state index is 0.117. The third-order valence-electron chi connectivity index (χ3n) is 4.98. The Hall–Kier alpha value is -3.26. The van der Waals surface area contributed by atoms with Gasteiger partial charge in [0.1, 0.15) is 11.3 Å². The normalized spacial score (nSPS) is 11.2. The van der Waals surface area contributed by atoms with Crippen LogP contribution in [0.1, 0.15) is 29.5 Å². The van der Waals surface area contributed by atoms with E-state index in [2.05, 4.69) is 34.3 Å². The molecular formula is C23H24N4O3S. The van der Waals surface area contributed by atoms with Gasteiger partial charge in [0, 0.05) is 12.2 Å². The second kappa shape index (κ2) is 9.26. The Morgan fingerprint density at radius 1 is 1.23 bits per heavy atom. The molecule has 0 aliphatic rings. The molecule has 0 aliphatic heterocycles. The Balaban J connectivity index is 1.48. The topological polar surface area (TPSA) is 92.9 Å². The van der Waals surface area contributed by atoms with E-state index in [4.69, 9.17) is 4.42 Å². The fourth-order valence-electron chi connectivity index (χ4n) is 3.29. The minimum Gasteiger partial charge on any atom is -0.467 e. The summed E-state index contributed by atoms with van der Waals surface area (Å²) in [5.41, 5.74) is 4.03. The van der Waals surface area contributed by atoms with Crippen LogP contribution in [0.3, 0.4) is 0 Å². The Morgan fingerprint density at radius 2 is 2.00 bits per heavy atom. The summed E-state index contributed by atoms with van der Waals surface area (Å²) in [4.78, 5) is 33.1. The number of thioether (sulfide) groups is 1. The van der Waals surface area contributed by atoms with Crippen molar-refractivity contribution < 1.29 is 9.21 Å². The van der Waals surface area contributed by atoms with Crippen molar-refractivity contribution >= 4 is 28.7 Å². The lowest BCUT2D eigenvalue weighted by molar-refractivity contribution is -0.118. The van der Waals surface area contributed by atoms with E-state index in [1.54, 1.807) is 16.9 Å². The lowest BCUT2D eigenvalue weighted by Crippen LogP contribution is -2.27. The number of carbonyl (C=O) groups excluding carboxylic acids is 1. The molecule has 0 fully saturated rings. The number of hydrogen-bond donors (Lipinski definition) is 2. The Bertz CT molecular complexity index is 1240. The Morgan fingerprint density at radius 3 is 2.71 bits per heavy atom. The molecule has 0 saturated heterocycles. The lowest BCUT2D eigenvalue weighted by Gasteiger charge is -2.11. The van der Waals surface area contributed by atoms with E-state index in [0.29, 0.717) is 28.5 Å². The van der Waals surface area contributed by atoms with Crippen LogP contribution in [-0.4, -0.2) is 26.2 Å². The smallest absolute Gasteiger partial charge is 0.278 e. The summed E-state index contributed by atoms with van der Waals surface area (Å²) in [6.45, 7) is 4.71. The molecule has 3 heterocycles. The number of nitrogens with one attached hydrogen (secondary N) is 2. The zero-order valence-electron chi connectivity index (χ0n) is 17.5. The van der Waals surface area contributed by atoms with Crippen molar-refractivity contribution in [1.82, 2.24) is 19.9 Å². The molecule has 31 heavy (non-hydrogen) atoms. The first kappa shape index (κ1) is 21.0. The Labute approximate surface area is 183 Å². The van der Waals surface area contributed by atoms with Crippen LogP contribution >= 0.6 is 11.8 Å². The van der Waals surface area contributed by atoms with Gasteiger partial charge in [0.05, 0.1) is 24.1 Å². The van der Waals surface area contributed by atoms with Crippen LogP contribution in [0.5, 0.6) is 0 Å². The molecule has 7 nitrogen and oxygen atoms in total. The summed E-state index contributed by atoms with van der Waals surface area (Å²) < 4.78 is 6.95. The summed E-state index contributed by atoms with van der Waals surface area (Å²) in [6.07, 6.45) is 2.55. The largest absolute Gasteiger partial charge is 0.467 e. The monoisotopic (exact) mass is 436 g/mol. The number of aromatic amines is 1. The quantitative estimate of drug-likeness (QED) is 0.325. The third kappa shape index (κ3) is 4.91. The molecular weight excluding hydrogens is 412 g/mol. The highest BCUT2D eigenvalue weighted by Crippen LogP contribution is 2.19. The molecule has 0 aliphatic carbocycles. The van der Waals surface area contributed by atoms with Gasteiger partial charge in [-0.3, -0.25) is 14.2 Å². The maximum Gasteiger partial charge on any atom is 0.278 e. The molecule has 0 radical (unpaired) electrons. The molecule has 0 spiro atoms. The molecule has 2 N–H and O–H groups in total. The predicted molar refractivity (Wildman–Crippen MR) is 121 cm³/mol. The van der Waals surface area contributed by atoms with Gasteiger partial charge in [-0.2, -0.15) is 0 Å². The number of aromatic nitrogens is 3. The molecule has 4 aromatic rings. The predicted octanol–water partition coefficient (Wildman–Crippen LogP) is 3.65. The van der Waals surface area contributed by atoms with E-state index in [-0.39, 0.29) is 23.8 Å². The van der Waals surface area contributed by atoms with Gasteiger partial charge in [-0.1, -0.05) is 43.0 Å². The van der Waals surface area contributed by atoms with Crippen LogP contribution in [0, 0.1) is 6.92 Å². The molecule has 160 valence electrons. The fourth-order valence-corrected chi connectivity index (χ4v) is 4.12. The van der Waals surface area contributed by atoms with E-state index in [1.807, 2.05) is 31.2 Å². The van der Waals surface area contributed by atoms with Gasteiger partial charge in [-0.05, 0) is 42.7 Å².